The molecular weight excluding hydrogens is 230 g/mol. The van der Waals surface area contributed by atoms with Crippen LogP contribution < -0.4 is 5.32 Å². The van der Waals surface area contributed by atoms with E-state index in [4.69, 9.17) is 5.11 Å². The first-order valence-corrected chi connectivity index (χ1v) is 6.52. The van der Waals surface area contributed by atoms with E-state index in [-0.39, 0.29) is 5.92 Å². The fourth-order valence-electron chi connectivity index (χ4n) is 2.68. The van der Waals surface area contributed by atoms with Crippen molar-refractivity contribution in [2.75, 3.05) is 0 Å². The average Bonchev–Trinajstić information content (AvgIpc) is 2.65. The Morgan fingerprint density at radius 2 is 2.39 bits per heavy atom. The smallest absolute Gasteiger partial charge is 0.306 e. The molecule has 0 bridgehead atoms. The number of hydrogen-bond acceptors (Lipinski definition) is 3. The summed E-state index contributed by atoms with van der Waals surface area (Å²) in [7, 11) is 1.94. The number of aliphatic carboxylic acids is 1. The highest BCUT2D eigenvalue weighted by Gasteiger charge is 2.26. The second kappa shape index (κ2) is 5.52. The van der Waals surface area contributed by atoms with Gasteiger partial charge < -0.3 is 10.4 Å². The maximum Gasteiger partial charge on any atom is 0.306 e. The predicted octanol–water partition coefficient (Wildman–Crippen LogP) is 1.46. The molecule has 1 heterocycles. The van der Waals surface area contributed by atoms with E-state index in [1.54, 1.807) is 0 Å². The fourth-order valence-corrected chi connectivity index (χ4v) is 2.68. The third-order valence-electron chi connectivity index (χ3n) is 3.69. The van der Waals surface area contributed by atoms with Crippen molar-refractivity contribution in [2.24, 2.45) is 13.0 Å². The van der Waals surface area contributed by atoms with E-state index in [0.717, 1.165) is 43.6 Å². The van der Waals surface area contributed by atoms with Crippen LogP contribution in [0.1, 0.15) is 37.1 Å². The summed E-state index contributed by atoms with van der Waals surface area (Å²) in [5.74, 6) is -0.831. The molecule has 1 aromatic rings. The highest BCUT2D eigenvalue weighted by molar-refractivity contribution is 5.70. The summed E-state index contributed by atoms with van der Waals surface area (Å²) in [4.78, 5) is 11.0. The number of carboxylic acid groups (broad SMARTS) is 1. The van der Waals surface area contributed by atoms with Gasteiger partial charge in [-0.15, -0.1) is 0 Å². The van der Waals surface area contributed by atoms with Gasteiger partial charge in [-0.1, -0.05) is 6.42 Å². The van der Waals surface area contributed by atoms with Gasteiger partial charge in [0, 0.05) is 19.6 Å². The van der Waals surface area contributed by atoms with E-state index in [0.29, 0.717) is 6.04 Å². The van der Waals surface area contributed by atoms with Crippen molar-refractivity contribution in [2.45, 2.75) is 45.2 Å². The molecule has 100 valence electrons. The molecule has 2 unspecified atom stereocenters. The molecule has 0 amide bonds. The van der Waals surface area contributed by atoms with Crippen molar-refractivity contribution in [3.8, 4) is 0 Å². The van der Waals surface area contributed by atoms with Crippen LogP contribution in [0.3, 0.4) is 0 Å². The van der Waals surface area contributed by atoms with Gasteiger partial charge in [-0.3, -0.25) is 9.48 Å². The van der Waals surface area contributed by atoms with Crippen molar-refractivity contribution in [3.63, 3.8) is 0 Å². The third-order valence-corrected chi connectivity index (χ3v) is 3.69. The van der Waals surface area contributed by atoms with Crippen LogP contribution in [0.2, 0.25) is 0 Å². The molecule has 0 aromatic carbocycles. The Balaban J connectivity index is 1.86. The normalized spacial score (nSPS) is 24.1. The Kier molecular flexibility index (Phi) is 4.01. The van der Waals surface area contributed by atoms with Crippen molar-refractivity contribution in [1.29, 1.82) is 0 Å². The molecule has 1 aliphatic rings. The minimum absolute atomic E-state index is 0.176. The van der Waals surface area contributed by atoms with Gasteiger partial charge in [0.2, 0.25) is 0 Å². The second-order valence-corrected chi connectivity index (χ2v) is 5.18. The van der Waals surface area contributed by atoms with Crippen molar-refractivity contribution < 1.29 is 9.90 Å². The Bertz CT molecular complexity index is 428. The number of aryl methyl sites for hydroxylation is 2. The van der Waals surface area contributed by atoms with Crippen LogP contribution in [0, 0.1) is 12.8 Å². The van der Waals surface area contributed by atoms with Crippen LogP contribution in [0.25, 0.3) is 0 Å². The number of nitrogens with one attached hydrogen (secondary N) is 1. The van der Waals surface area contributed by atoms with E-state index in [9.17, 15) is 4.79 Å². The second-order valence-electron chi connectivity index (χ2n) is 5.18. The molecule has 1 aromatic heterocycles. The molecule has 1 saturated carbocycles. The molecule has 0 saturated heterocycles. The number of nitrogens with zero attached hydrogens (tertiary/aromatic N) is 2. The first kappa shape index (κ1) is 13.1. The molecule has 5 heteroatoms. The monoisotopic (exact) mass is 251 g/mol. The van der Waals surface area contributed by atoms with Crippen molar-refractivity contribution >= 4 is 5.97 Å². The molecule has 5 nitrogen and oxygen atoms in total. The quantitative estimate of drug-likeness (QED) is 0.850. The average molecular weight is 251 g/mol. The molecule has 1 aliphatic carbocycles. The zero-order chi connectivity index (χ0) is 13.1. The lowest BCUT2D eigenvalue weighted by atomic mass is 9.86. The molecule has 2 N–H and O–H groups in total. The van der Waals surface area contributed by atoms with Gasteiger partial charge in [0.05, 0.1) is 17.3 Å². The Morgan fingerprint density at radius 1 is 1.61 bits per heavy atom. The lowest BCUT2D eigenvalue weighted by Crippen LogP contribution is -2.36. The molecule has 0 spiro atoms. The van der Waals surface area contributed by atoms with Gasteiger partial charge in [-0.05, 0) is 32.3 Å². The first-order chi connectivity index (χ1) is 8.56. The maximum absolute atomic E-state index is 11.0. The van der Waals surface area contributed by atoms with Crippen LogP contribution in [-0.4, -0.2) is 26.9 Å². The third kappa shape index (κ3) is 3.10. The minimum Gasteiger partial charge on any atom is -0.481 e. The lowest BCUT2D eigenvalue weighted by Gasteiger charge is -2.27. The van der Waals surface area contributed by atoms with E-state index in [2.05, 4.69) is 16.5 Å². The van der Waals surface area contributed by atoms with Crippen molar-refractivity contribution in [3.05, 3.63) is 17.5 Å². The summed E-state index contributed by atoms with van der Waals surface area (Å²) in [6.45, 7) is 2.74. The predicted molar refractivity (Wildman–Crippen MR) is 68.2 cm³/mol. The Labute approximate surface area is 107 Å². The SMILES string of the molecule is Cc1cc(CNC2CCCC(C(=O)O)C2)n(C)n1. The Morgan fingerprint density at radius 3 is 3.00 bits per heavy atom. The summed E-state index contributed by atoms with van der Waals surface area (Å²) in [5.41, 5.74) is 2.16. The van der Waals surface area contributed by atoms with Crippen LogP contribution in [-0.2, 0) is 18.4 Å². The summed E-state index contributed by atoms with van der Waals surface area (Å²) in [6, 6.07) is 2.37. The minimum atomic E-state index is -0.655. The van der Waals surface area contributed by atoms with Gasteiger partial charge in [-0.2, -0.15) is 5.10 Å². The number of hydrogen-bond donors (Lipinski definition) is 2. The highest BCUT2D eigenvalue weighted by atomic mass is 16.4. The number of carbonyl (C=O) groups is 1. The summed E-state index contributed by atoms with van der Waals surface area (Å²) in [6.07, 6.45) is 3.63. The first-order valence-electron chi connectivity index (χ1n) is 6.52. The number of carboxylic acids is 1. The van der Waals surface area contributed by atoms with Crippen LogP contribution in [0.15, 0.2) is 6.07 Å². The molecule has 2 rings (SSSR count). The van der Waals surface area contributed by atoms with Gasteiger partial charge in [-0.25, -0.2) is 0 Å². The van der Waals surface area contributed by atoms with Gasteiger partial charge in [0.25, 0.3) is 0 Å². The maximum atomic E-state index is 11.0. The van der Waals surface area contributed by atoms with Gasteiger partial charge in [0.1, 0.15) is 0 Å². The van der Waals surface area contributed by atoms with Gasteiger partial charge in [0.15, 0.2) is 0 Å². The lowest BCUT2D eigenvalue weighted by molar-refractivity contribution is -0.143. The fraction of sp³-hybridized carbons (Fsp3) is 0.692. The van der Waals surface area contributed by atoms with E-state index in [1.165, 1.54) is 0 Å². The standard InChI is InChI=1S/C13H21N3O2/c1-9-6-12(16(2)15-9)8-14-11-5-3-4-10(7-11)13(17)18/h6,10-11,14H,3-5,7-8H2,1-2H3,(H,17,18). The van der Waals surface area contributed by atoms with Crippen LogP contribution >= 0.6 is 0 Å². The highest BCUT2D eigenvalue weighted by Crippen LogP contribution is 2.24. The molecule has 18 heavy (non-hydrogen) atoms. The summed E-state index contributed by atoms with van der Waals surface area (Å²) < 4.78 is 1.87. The van der Waals surface area contributed by atoms with E-state index in [1.807, 2.05) is 18.7 Å². The number of aromatic nitrogens is 2. The molecule has 0 aliphatic heterocycles. The van der Waals surface area contributed by atoms with E-state index < -0.39 is 5.97 Å². The largest absolute Gasteiger partial charge is 0.481 e. The zero-order valence-corrected chi connectivity index (χ0v) is 11.0. The summed E-state index contributed by atoms with van der Waals surface area (Å²) in [5, 5.41) is 16.8. The van der Waals surface area contributed by atoms with E-state index >= 15 is 0 Å². The molecule has 0 radical (unpaired) electrons. The summed E-state index contributed by atoms with van der Waals surface area (Å²) >= 11 is 0. The number of rotatable bonds is 4. The van der Waals surface area contributed by atoms with Crippen molar-refractivity contribution in [1.82, 2.24) is 15.1 Å². The van der Waals surface area contributed by atoms with Gasteiger partial charge >= 0.3 is 5.97 Å². The Hall–Kier alpha value is -1.36. The van der Waals surface area contributed by atoms with Crippen LogP contribution in [0.5, 0.6) is 0 Å². The molecule has 2 atom stereocenters. The topological polar surface area (TPSA) is 67.2 Å². The molecule has 1 fully saturated rings. The van der Waals surface area contributed by atoms with Crippen LogP contribution in [0.4, 0.5) is 0 Å². The molecular formula is C13H21N3O2. The zero-order valence-electron chi connectivity index (χ0n) is 11.0.